The lowest BCUT2D eigenvalue weighted by Crippen LogP contribution is -2.44. The first kappa shape index (κ1) is 20.9. The predicted octanol–water partition coefficient (Wildman–Crippen LogP) is 2.93. The van der Waals surface area contributed by atoms with Gasteiger partial charge in [0.25, 0.3) is 0 Å². The summed E-state index contributed by atoms with van der Waals surface area (Å²) in [5.74, 6) is -1.70. The van der Waals surface area contributed by atoms with Gasteiger partial charge in [0.15, 0.2) is 0 Å². The van der Waals surface area contributed by atoms with Crippen molar-refractivity contribution in [3.05, 3.63) is 0 Å². The van der Waals surface area contributed by atoms with Crippen molar-refractivity contribution in [3.8, 4) is 0 Å². The van der Waals surface area contributed by atoms with Crippen LogP contribution >= 0.6 is 0 Å². The largest absolute Gasteiger partial charge is 0.481 e. The Morgan fingerprint density at radius 1 is 1.23 bits per heavy atom. The molecule has 0 spiro atoms. The summed E-state index contributed by atoms with van der Waals surface area (Å²) in [5.41, 5.74) is -0.724. The Morgan fingerprint density at radius 3 is 2.27 bits per heavy atom. The molecule has 0 rings (SSSR count). The zero-order valence-electron chi connectivity index (χ0n) is 15.1. The molecule has 22 heavy (non-hydrogen) atoms. The highest BCUT2D eigenvalue weighted by Crippen LogP contribution is 2.31. The second-order valence-corrected chi connectivity index (χ2v) is 7.23. The van der Waals surface area contributed by atoms with Gasteiger partial charge in [-0.25, -0.2) is 0 Å². The second-order valence-electron chi connectivity index (χ2n) is 7.23. The lowest BCUT2D eigenvalue weighted by Gasteiger charge is -2.31. The van der Waals surface area contributed by atoms with Crippen molar-refractivity contribution in [2.45, 2.75) is 53.4 Å². The summed E-state index contributed by atoms with van der Waals surface area (Å²) in [4.78, 5) is 23.3. The fourth-order valence-corrected chi connectivity index (χ4v) is 2.39. The van der Waals surface area contributed by atoms with Crippen LogP contribution in [0, 0.1) is 11.3 Å². The molecule has 5 nitrogen and oxygen atoms in total. The molecule has 0 aromatic rings. The summed E-state index contributed by atoms with van der Waals surface area (Å²) < 4.78 is 6.28. The number of hydrogen-bond donors (Lipinski definition) is 1. The van der Waals surface area contributed by atoms with Gasteiger partial charge in [0.1, 0.15) is 13.2 Å². The van der Waals surface area contributed by atoms with Gasteiger partial charge < -0.3 is 14.3 Å². The van der Waals surface area contributed by atoms with Crippen LogP contribution < -0.4 is 0 Å². The van der Waals surface area contributed by atoms with E-state index in [1.165, 1.54) is 0 Å². The molecule has 0 radical (unpaired) electrons. The van der Waals surface area contributed by atoms with Crippen molar-refractivity contribution in [1.82, 2.24) is 0 Å². The number of carboxylic acid groups (broad SMARTS) is 1. The molecule has 0 fully saturated rings. The summed E-state index contributed by atoms with van der Waals surface area (Å²) in [6.07, 6.45) is 3.20. The lowest BCUT2D eigenvalue weighted by molar-refractivity contribution is -0.890. The van der Waals surface area contributed by atoms with Crippen LogP contribution in [0.4, 0.5) is 0 Å². The van der Waals surface area contributed by atoms with Crippen molar-refractivity contribution in [2.75, 3.05) is 33.8 Å². The van der Waals surface area contributed by atoms with E-state index in [2.05, 4.69) is 21.0 Å². The third-order valence-electron chi connectivity index (χ3n) is 4.50. The van der Waals surface area contributed by atoms with Crippen LogP contribution in [-0.4, -0.2) is 55.3 Å². The number of carbonyl (C=O) groups excluding carboxylic acids is 1. The molecule has 2 unspecified atom stereocenters. The molecule has 0 aliphatic rings. The molecule has 5 heteroatoms. The number of unbranched alkanes of at least 4 members (excludes halogenated alkanes) is 1. The van der Waals surface area contributed by atoms with Crippen LogP contribution in [0.25, 0.3) is 0 Å². The molecule has 0 aliphatic heterocycles. The fourth-order valence-electron chi connectivity index (χ4n) is 2.39. The molecule has 0 aliphatic carbocycles. The molecule has 130 valence electrons. The standard InChI is InChI=1S/C17H33NO4/c1-7-9-10-18(5,6)11-12-22-16(21)17(4,8-2)13-14(3)15(19)20/h14H,7-13H2,1-6H3/p+1. The highest BCUT2D eigenvalue weighted by Gasteiger charge is 2.36. The summed E-state index contributed by atoms with van der Waals surface area (Å²) in [6.45, 7) is 9.72. The van der Waals surface area contributed by atoms with Crippen LogP contribution in [0.2, 0.25) is 0 Å². The van der Waals surface area contributed by atoms with E-state index in [9.17, 15) is 9.59 Å². The summed E-state index contributed by atoms with van der Waals surface area (Å²) in [5, 5.41) is 9.03. The SMILES string of the molecule is CCCC[N+](C)(C)CCOC(=O)C(C)(CC)CC(C)C(=O)O. The van der Waals surface area contributed by atoms with Crippen molar-refractivity contribution < 1.29 is 23.9 Å². The highest BCUT2D eigenvalue weighted by atomic mass is 16.5. The zero-order valence-corrected chi connectivity index (χ0v) is 15.1. The Hall–Kier alpha value is -1.10. The molecule has 2 atom stereocenters. The monoisotopic (exact) mass is 316 g/mol. The molecular weight excluding hydrogens is 282 g/mol. The van der Waals surface area contributed by atoms with Gasteiger partial charge >= 0.3 is 11.9 Å². The van der Waals surface area contributed by atoms with Gasteiger partial charge in [0.05, 0.1) is 32.0 Å². The quantitative estimate of drug-likeness (QED) is 0.470. The van der Waals surface area contributed by atoms with Crippen LogP contribution in [0.15, 0.2) is 0 Å². The highest BCUT2D eigenvalue weighted by molar-refractivity contribution is 5.78. The number of aliphatic carboxylic acids is 1. The molecule has 0 aromatic heterocycles. The number of likely N-dealkylation sites (N-methyl/N-ethyl adjacent to an activating group) is 1. The first-order chi connectivity index (χ1) is 10.1. The zero-order chi connectivity index (χ0) is 17.4. The van der Waals surface area contributed by atoms with E-state index < -0.39 is 17.3 Å². The number of carbonyl (C=O) groups is 2. The van der Waals surface area contributed by atoms with Crippen LogP contribution in [-0.2, 0) is 14.3 Å². The molecular formula is C17H34NO4+. The Kier molecular flexibility index (Phi) is 8.68. The minimum atomic E-state index is -0.871. The van der Waals surface area contributed by atoms with Gasteiger partial charge in [-0.1, -0.05) is 27.2 Å². The van der Waals surface area contributed by atoms with Crippen LogP contribution in [0.3, 0.4) is 0 Å². The van der Waals surface area contributed by atoms with Gasteiger partial charge in [-0.05, 0) is 26.2 Å². The molecule has 1 N–H and O–H groups in total. The number of carboxylic acids is 1. The van der Waals surface area contributed by atoms with Crippen LogP contribution in [0.5, 0.6) is 0 Å². The molecule has 0 bridgehead atoms. The second kappa shape index (κ2) is 9.13. The Morgan fingerprint density at radius 2 is 1.82 bits per heavy atom. The Labute approximate surface area is 135 Å². The number of hydrogen-bond acceptors (Lipinski definition) is 3. The van der Waals surface area contributed by atoms with Crippen molar-refractivity contribution in [1.29, 1.82) is 0 Å². The van der Waals surface area contributed by atoms with Gasteiger partial charge in [-0.3, -0.25) is 9.59 Å². The van der Waals surface area contributed by atoms with Crippen LogP contribution in [0.1, 0.15) is 53.4 Å². The van der Waals surface area contributed by atoms with E-state index in [0.29, 0.717) is 19.4 Å². The number of esters is 1. The van der Waals surface area contributed by atoms with E-state index >= 15 is 0 Å². The van der Waals surface area contributed by atoms with E-state index in [1.807, 2.05) is 6.92 Å². The maximum atomic E-state index is 12.3. The fraction of sp³-hybridized carbons (Fsp3) is 0.882. The minimum absolute atomic E-state index is 0.279. The topological polar surface area (TPSA) is 63.6 Å². The van der Waals surface area contributed by atoms with E-state index in [4.69, 9.17) is 9.84 Å². The average molecular weight is 316 g/mol. The molecule has 0 aromatic carbocycles. The smallest absolute Gasteiger partial charge is 0.312 e. The Balaban J connectivity index is 4.46. The van der Waals surface area contributed by atoms with E-state index in [0.717, 1.165) is 30.4 Å². The van der Waals surface area contributed by atoms with Crippen molar-refractivity contribution in [3.63, 3.8) is 0 Å². The first-order valence-electron chi connectivity index (χ1n) is 8.30. The number of quaternary nitrogens is 1. The molecule has 0 amide bonds. The van der Waals surface area contributed by atoms with Crippen molar-refractivity contribution >= 4 is 11.9 Å². The number of ether oxygens (including phenoxy) is 1. The maximum absolute atomic E-state index is 12.3. The maximum Gasteiger partial charge on any atom is 0.312 e. The lowest BCUT2D eigenvalue weighted by atomic mass is 9.79. The molecule has 0 saturated carbocycles. The van der Waals surface area contributed by atoms with Gasteiger partial charge in [-0.15, -0.1) is 0 Å². The summed E-state index contributed by atoms with van der Waals surface area (Å²) >= 11 is 0. The van der Waals surface area contributed by atoms with E-state index in [1.54, 1.807) is 13.8 Å². The summed E-state index contributed by atoms with van der Waals surface area (Å²) in [6, 6.07) is 0. The number of rotatable bonds is 11. The summed E-state index contributed by atoms with van der Waals surface area (Å²) in [7, 11) is 4.27. The molecule has 0 saturated heterocycles. The van der Waals surface area contributed by atoms with Gasteiger partial charge in [0.2, 0.25) is 0 Å². The van der Waals surface area contributed by atoms with Gasteiger partial charge in [0, 0.05) is 0 Å². The third-order valence-corrected chi connectivity index (χ3v) is 4.50. The predicted molar refractivity (Wildman–Crippen MR) is 87.5 cm³/mol. The van der Waals surface area contributed by atoms with E-state index in [-0.39, 0.29) is 5.97 Å². The number of nitrogens with zero attached hydrogens (tertiary/aromatic N) is 1. The first-order valence-corrected chi connectivity index (χ1v) is 8.30. The van der Waals surface area contributed by atoms with Gasteiger partial charge in [-0.2, -0.15) is 0 Å². The molecule has 0 heterocycles. The normalized spacial score (nSPS) is 15.9. The minimum Gasteiger partial charge on any atom is -0.481 e. The third kappa shape index (κ3) is 7.25. The Bertz CT molecular complexity index is 368. The van der Waals surface area contributed by atoms with Crippen molar-refractivity contribution in [2.24, 2.45) is 11.3 Å². The average Bonchev–Trinajstić information content (AvgIpc) is 2.44.